The number of fused-ring (bicyclic) bond motifs is 1. The molecule has 2 atom stereocenters. The number of amidine groups is 1. The summed E-state index contributed by atoms with van der Waals surface area (Å²) in [6, 6.07) is 10.8. The molecule has 1 amide bonds. The van der Waals surface area contributed by atoms with Gasteiger partial charge < -0.3 is 4.90 Å². The van der Waals surface area contributed by atoms with Crippen LogP contribution in [0, 0.1) is 0 Å². The number of hydrogen-bond donors (Lipinski definition) is 0. The van der Waals surface area contributed by atoms with Crippen LogP contribution in [-0.2, 0) is 21.1 Å². The molecule has 4 rings (SSSR count). The number of anilines is 1. The summed E-state index contributed by atoms with van der Waals surface area (Å²) in [4.78, 5) is 19.5. The number of benzene rings is 1. The van der Waals surface area contributed by atoms with Gasteiger partial charge in [0.05, 0.1) is 24.0 Å². The van der Waals surface area contributed by atoms with Crippen LogP contribution in [0.5, 0.6) is 0 Å². The fourth-order valence-corrected chi connectivity index (χ4v) is 8.01. The van der Waals surface area contributed by atoms with Crippen molar-refractivity contribution in [2.75, 3.05) is 16.4 Å². The third kappa shape index (κ3) is 3.69. The monoisotopic (exact) mass is 426 g/mol. The number of hydrogen-bond acceptors (Lipinski definition) is 5. The van der Waals surface area contributed by atoms with Crippen LogP contribution in [0.3, 0.4) is 0 Å². The van der Waals surface area contributed by atoms with E-state index in [-0.39, 0.29) is 35.1 Å². The molecule has 0 radical (unpaired) electrons. The molecule has 136 valence electrons. The van der Waals surface area contributed by atoms with E-state index in [1.807, 2.05) is 34.5 Å². The molecule has 2 fully saturated rings. The van der Waals surface area contributed by atoms with E-state index in [1.54, 1.807) is 12.1 Å². The van der Waals surface area contributed by atoms with Crippen molar-refractivity contribution in [2.24, 2.45) is 4.99 Å². The zero-order valence-corrected chi connectivity index (χ0v) is 16.7. The van der Waals surface area contributed by atoms with Gasteiger partial charge in [-0.1, -0.05) is 35.5 Å². The third-order valence-corrected chi connectivity index (χ3v) is 8.60. The van der Waals surface area contributed by atoms with Gasteiger partial charge in [0, 0.05) is 20.8 Å². The van der Waals surface area contributed by atoms with Crippen molar-refractivity contribution >= 4 is 61.3 Å². The summed E-state index contributed by atoms with van der Waals surface area (Å²) in [5.41, 5.74) is 0.761. The second kappa shape index (κ2) is 6.99. The minimum atomic E-state index is -3.08. The van der Waals surface area contributed by atoms with E-state index >= 15 is 0 Å². The average molecular weight is 427 g/mol. The number of carbonyl (C=O) groups is 1. The summed E-state index contributed by atoms with van der Waals surface area (Å²) in [6.07, 6.45) is 0.249. The van der Waals surface area contributed by atoms with E-state index in [2.05, 4.69) is 4.99 Å². The van der Waals surface area contributed by atoms with Gasteiger partial charge in [0.25, 0.3) is 5.91 Å². The molecule has 3 heterocycles. The Bertz CT molecular complexity index is 973. The number of carbonyl (C=O) groups excluding carboxylic acids is 1. The first-order valence-corrected chi connectivity index (χ1v) is 11.9. The molecule has 1 aromatic heterocycles. The van der Waals surface area contributed by atoms with Crippen molar-refractivity contribution in [3.63, 3.8) is 0 Å². The smallest absolute Gasteiger partial charge is 0.253 e. The van der Waals surface area contributed by atoms with Gasteiger partial charge in [-0.25, -0.2) is 8.42 Å². The molecule has 2 saturated heterocycles. The lowest BCUT2D eigenvalue weighted by Crippen LogP contribution is -2.37. The summed E-state index contributed by atoms with van der Waals surface area (Å²) in [6.45, 7) is 0. The fraction of sp³-hybridized carbons (Fsp3) is 0.294. The maximum absolute atomic E-state index is 12.4. The molecule has 1 aromatic carbocycles. The number of halogens is 1. The largest absolute Gasteiger partial charge is 0.316 e. The Kier molecular flexibility index (Phi) is 4.85. The highest BCUT2D eigenvalue weighted by atomic mass is 35.5. The first-order chi connectivity index (χ1) is 12.4. The van der Waals surface area contributed by atoms with Gasteiger partial charge in [0.1, 0.15) is 0 Å². The van der Waals surface area contributed by atoms with Gasteiger partial charge >= 0.3 is 0 Å². The molecule has 0 bridgehead atoms. The highest BCUT2D eigenvalue weighted by molar-refractivity contribution is 8.16. The Hall–Kier alpha value is -1.35. The molecule has 0 N–H and O–H groups in total. The third-order valence-electron chi connectivity index (χ3n) is 4.28. The first kappa shape index (κ1) is 18.0. The molecular weight excluding hydrogens is 412 g/mol. The minimum absolute atomic E-state index is 0.0648. The molecule has 0 aliphatic carbocycles. The highest BCUT2D eigenvalue weighted by Gasteiger charge is 2.49. The van der Waals surface area contributed by atoms with Gasteiger partial charge in [-0.15, -0.1) is 11.3 Å². The Labute approximate surface area is 165 Å². The van der Waals surface area contributed by atoms with Crippen LogP contribution in [0.15, 0.2) is 46.8 Å². The van der Waals surface area contributed by atoms with E-state index < -0.39 is 9.84 Å². The topological polar surface area (TPSA) is 66.8 Å². The van der Waals surface area contributed by atoms with Crippen LogP contribution >= 0.6 is 34.7 Å². The first-order valence-electron chi connectivity index (χ1n) is 7.97. The molecule has 2 aliphatic rings. The van der Waals surface area contributed by atoms with E-state index in [9.17, 15) is 13.2 Å². The normalized spacial score (nSPS) is 25.6. The fourth-order valence-electron chi connectivity index (χ4n) is 3.20. The van der Waals surface area contributed by atoms with Crippen molar-refractivity contribution in [2.45, 2.75) is 17.7 Å². The summed E-state index contributed by atoms with van der Waals surface area (Å²) < 4.78 is 24.1. The second-order valence-electron chi connectivity index (χ2n) is 6.19. The Balaban J connectivity index is 1.67. The quantitative estimate of drug-likeness (QED) is 0.753. The lowest BCUT2D eigenvalue weighted by atomic mass is 10.2. The maximum atomic E-state index is 12.4. The summed E-state index contributed by atoms with van der Waals surface area (Å²) in [5.74, 6) is -0.0582. The summed E-state index contributed by atoms with van der Waals surface area (Å²) in [5, 5.41) is 2.92. The van der Waals surface area contributed by atoms with E-state index in [1.165, 1.54) is 23.1 Å². The molecule has 26 heavy (non-hydrogen) atoms. The van der Waals surface area contributed by atoms with Crippen molar-refractivity contribution < 1.29 is 13.2 Å². The van der Waals surface area contributed by atoms with Crippen LogP contribution in [0.4, 0.5) is 5.69 Å². The molecule has 5 nitrogen and oxygen atoms in total. The zero-order chi connectivity index (χ0) is 18.3. The predicted molar refractivity (Wildman–Crippen MR) is 108 cm³/mol. The van der Waals surface area contributed by atoms with E-state index in [0.29, 0.717) is 10.2 Å². The Morgan fingerprint density at radius 1 is 1.27 bits per heavy atom. The number of sulfone groups is 1. The maximum Gasteiger partial charge on any atom is 0.253 e. The molecule has 0 spiro atoms. The van der Waals surface area contributed by atoms with Gasteiger partial charge in [-0.3, -0.25) is 4.79 Å². The lowest BCUT2D eigenvalue weighted by molar-refractivity contribution is -0.117. The standard InChI is InChI=1S/C17H15ClN2O3S3/c18-11-3-1-4-12(7-11)20-14-9-26(22,23)10-15(14)25-17(20)19-16(21)8-13-5-2-6-24-13/h1-7,14-15H,8-10H2/t14-,15-/m0/s1. The van der Waals surface area contributed by atoms with Crippen LogP contribution in [0.1, 0.15) is 4.88 Å². The van der Waals surface area contributed by atoms with Crippen LogP contribution in [0.25, 0.3) is 0 Å². The number of nitrogens with zero attached hydrogens (tertiary/aromatic N) is 2. The number of thiophene rings is 1. The Morgan fingerprint density at radius 2 is 2.12 bits per heavy atom. The molecule has 2 aliphatic heterocycles. The number of rotatable bonds is 3. The summed E-state index contributed by atoms with van der Waals surface area (Å²) >= 11 is 9.00. The lowest BCUT2D eigenvalue weighted by Gasteiger charge is -2.24. The molecule has 0 saturated carbocycles. The minimum Gasteiger partial charge on any atom is -0.316 e. The van der Waals surface area contributed by atoms with E-state index in [0.717, 1.165) is 10.6 Å². The Morgan fingerprint density at radius 3 is 2.85 bits per heavy atom. The molecule has 9 heteroatoms. The molecule has 2 aromatic rings. The number of thioether (sulfide) groups is 1. The number of aliphatic imine (C=N–C) groups is 1. The average Bonchev–Trinajstić information content (AvgIpc) is 3.22. The molecular formula is C17H15ClN2O3S3. The van der Waals surface area contributed by atoms with E-state index in [4.69, 9.17) is 11.6 Å². The van der Waals surface area contributed by atoms with Crippen molar-refractivity contribution in [3.8, 4) is 0 Å². The van der Waals surface area contributed by atoms with Crippen LogP contribution < -0.4 is 4.90 Å². The predicted octanol–water partition coefficient (Wildman–Crippen LogP) is 3.25. The zero-order valence-electron chi connectivity index (χ0n) is 13.5. The van der Waals surface area contributed by atoms with Gasteiger partial charge in [0.15, 0.2) is 15.0 Å². The van der Waals surface area contributed by atoms with Crippen LogP contribution in [-0.4, -0.2) is 42.3 Å². The van der Waals surface area contributed by atoms with Gasteiger partial charge in [-0.2, -0.15) is 4.99 Å². The van der Waals surface area contributed by atoms with Crippen molar-refractivity contribution in [1.82, 2.24) is 0 Å². The summed E-state index contributed by atoms with van der Waals surface area (Å²) in [7, 11) is -3.08. The van der Waals surface area contributed by atoms with Crippen molar-refractivity contribution in [3.05, 3.63) is 51.7 Å². The second-order valence-corrected chi connectivity index (χ2v) is 11.0. The van der Waals surface area contributed by atoms with Crippen LogP contribution in [0.2, 0.25) is 5.02 Å². The number of amides is 1. The molecule has 0 unspecified atom stereocenters. The van der Waals surface area contributed by atoms with Crippen molar-refractivity contribution in [1.29, 1.82) is 0 Å². The highest BCUT2D eigenvalue weighted by Crippen LogP contribution is 2.41. The van der Waals surface area contributed by atoms with Gasteiger partial charge in [-0.05, 0) is 29.6 Å². The SMILES string of the molecule is O=C(Cc1cccs1)N=C1S[C@H]2CS(=O)(=O)C[C@@H]2N1c1cccc(Cl)c1. The van der Waals surface area contributed by atoms with Gasteiger partial charge in [0.2, 0.25) is 0 Å².